The van der Waals surface area contributed by atoms with E-state index >= 15 is 0 Å². The molecule has 2 aliphatic rings. The molecule has 0 aromatic carbocycles. The molecule has 2 rings (SSSR count). The smallest absolute Gasteiger partial charge is 0.216 e. The molecule has 1 heteroatoms. The Hall–Kier alpha value is -0.590. The van der Waals surface area contributed by atoms with Crippen LogP contribution in [0.3, 0.4) is 0 Å². The van der Waals surface area contributed by atoms with Crippen LogP contribution < -0.4 is 0 Å². The minimum Gasteiger partial charge on any atom is -0.216 e. The molecule has 0 aromatic heterocycles. The zero-order valence-electron chi connectivity index (χ0n) is 12.7. The summed E-state index contributed by atoms with van der Waals surface area (Å²) in [5.41, 5.74) is 3.15. The zero-order valence-corrected chi connectivity index (χ0v) is 12.7. The molecule has 1 fully saturated rings. The Morgan fingerprint density at radius 1 is 1.39 bits per heavy atom. The SMILES string of the molecule is C=C(C)C(CCC(CC)[N+]1=C2CCC[C@H]21)C(C)C. The molecule has 18 heavy (non-hydrogen) atoms. The average molecular weight is 248 g/mol. The minimum absolute atomic E-state index is 0.712. The number of rotatable bonds is 7. The van der Waals surface area contributed by atoms with Crippen molar-refractivity contribution in [2.45, 2.75) is 78.3 Å². The molecular formula is C17H30N+. The molecule has 0 saturated heterocycles. The summed E-state index contributed by atoms with van der Waals surface area (Å²) in [6, 6.07) is 1.70. The molecule has 1 heterocycles. The number of hydrogen-bond acceptors (Lipinski definition) is 0. The summed E-state index contributed by atoms with van der Waals surface area (Å²) in [6.45, 7) is 13.4. The van der Waals surface area contributed by atoms with E-state index in [9.17, 15) is 0 Å². The second kappa shape index (κ2) is 5.59. The second-order valence-electron chi connectivity index (χ2n) is 6.64. The molecule has 3 atom stereocenters. The lowest BCUT2D eigenvalue weighted by Gasteiger charge is -2.22. The van der Waals surface area contributed by atoms with Crippen molar-refractivity contribution in [1.29, 1.82) is 0 Å². The van der Waals surface area contributed by atoms with E-state index in [4.69, 9.17) is 0 Å². The first-order valence-electron chi connectivity index (χ1n) is 7.85. The molecule has 1 aliphatic heterocycles. The van der Waals surface area contributed by atoms with Gasteiger partial charge in [-0.05, 0) is 31.6 Å². The van der Waals surface area contributed by atoms with Crippen LogP contribution in [0.1, 0.15) is 66.2 Å². The largest absolute Gasteiger partial charge is 0.231 e. The van der Waals surface area contributed by atoms with Gasteiger partial charge in [0.1, 0.15) is 0 Å². The predicted octanol–water partition coefficient (Wildman–Crippen LogP) is 4.41. The Morgan fingerprint density at radius 2 is 2.11 bits per heavy atom. The van der Waals surface area contributed by atoms with E-state index in [1.165, 1.54) is 44.1 Å². The van der Waals surface area contributed by atoms with Gasteiger partial charge in [0.05, 0.1) is 0 Å². The van der Waals surface area contributed by atoms with Gasteiger partial charge in [-0.2, -0.15) is 0 Å². The Bertz CT molecular complexity index is 351. The van der Waals surface area contributed by atoms with Crippen LogP contribution in [0.4, 0.5) is 0 Å². The Morgan fingerprint density at radius 3 is 2.56 bits per heavy atom. The Kier molecular flexibility index (Phi) is 4.29. The number of fused-ring (bicyclic) bond motifs is 1. The zero-order chi connectivity index (χ0) is 13.3. The molecule has 0 aromatic rings. The van der Waals surface area contributed by atoms with Crippen molar-refractivity contribution in [2.75, 3.05) is 0 Å². The van der Waals surface area contributed by atoms with Crippen molar-refractivity contribution >= 4 is 5.71 Å². The third kappa shape index (κ3) is 2.70. The van der Waals surface area contributed by atoms with Crippen LogP contribution >= 0.6 is 0 Å². The van der Waals surface area contributed by atoms with Crippen LogP contribution in [0.25, 0.3) is 0 Å². The molecule has 1 saturated carbocycles. The fourth-order valence-corrected chi connectivity index (χ4v) is 3.93. The fraction of sp³-hybridized carbons (Fsp3) is 0.824. The minimum atomic E-state index is 0.712. The van der Waals surface area contributed by atoms with E-state index < -0.39 is 0 Å². The van der Waals surface area contributed by atoms with Crippen LogP contribution in [0.15, 0.2) is 12.2 Å². The van der Waals surface area contributed by atoms with Crippen molar-refractivity contribution in [2.24, 2.45) is 11.8 Å². The van der Waals surface area contributed by atoms with Crippen LogP contribution in [-0.2, 0) is 0 Å². The third-order valence-corrected chi connectivity index (χ3v) is 5.01. The number of allylic oxidation sites excluding steroid dienone is 1. The molecule has 0 N–H and O–H groups in total. The third-order valence-electron chi connectivity index (χ3n) is 5.01. The molecule has 102 valence electrons. The highest BCUT2D eigenvalue weighted by Gasteiger charge is 2.53. The van der Waals surface area contributed by atoms with Crippen LogP contribution in [0, 0.1) is 11.8 Å². The summed E-state index contributed by atoms with van der Waals surface area (Å²) in [6.07, 6.45) is 8.23. The van der Waals surface area contributed by atoms with Crippen molar-refractivity contribution in [3.63, 3.8) is 0 Å². The van der Waals surface area contributed by atoms with Crippen molar-refractivity contribution in [3.8, 4) is 0 Å². The lowest BCUT2D eigenvalue weighted by Crippen LogP contribution is -2.21. The molecule has 1 nitrogen and oxygen atoms in total. The first-order valence-corrected chi connectivity index (χ1v) is 7.85. The molecular weight excluding hydrogens is 218 g/mol. The van der Waals surface area contributed by atoms with Gasteiger partial charge in [-0.25, -0.2) is 4.58 Å². The summed E-state index contributed by atoms with van der Waals surface area (Å²) >= 11 is 0. The number of hydrogen-bond donors (Lipinski definition) is 0. The lowest BCUT2D eigenvalue weighted by atomic mass is 9.84. The van der Waals surface area contributed by atoms with Crippen LogP contribution in [-0.4, -0.2) is 22.4 Å². The molecule has 1 aliphatic carbocycles. The van der Waals surface area contributed by atoms with Crippen LogP contribution in [0.2, 0.25) is 0 Å². The highest BCUT2D eigenvalue weighted by molar-refractivity contribution is 5.93. The average Bonchev–Trinajstić information content (AvgIpc) is 2.78. The van der Waals surface area contributed by atoms with Gasteiger partial charge in [0.25, 0.3) is 0 Å². The topological polar surface area (TPSA) is 3.01 Å². The van der Waals surface area contributed by atoms with Gasteiger partial charge in [-0.15, -0.1) is 0 Å². The highest BCUT2D eigenvalue weighted by Crippen LogP contribution is 2.35. The van der Waals surface area contributed by atoms with E-state index in [-0.39, 0.29) is 0 Å². The summed E-state index contributed by atoms with van der Waals surface area (Å²) in [7, 11) is 0. The first-order chi connectivity index (χ1) is 8.56. The van der Waals surface area contributed by atoms with E-state index in [2.05, 4.69) is 38.8 Å². The summed E-state index contributed by atoms with van der Waals surface area (Å²) in [5, 5.41) is 0. The quantitative estimate of drug-likeness (QED) is 0.464. The van der Waals surface area contributed by atoms with Gasteiger partial charge < -0.3 is 0 Å². The molecule has 2 unspecified atom stereocenters. The van der Waals surface area contributed by atoms with E-state index in [1.807, 2.05) is 0 Å². The summed E-state index contributed by atoms with van der Waals surface area (Å²) in [5.74, 6) is 1.45. The van der Waals surface area contributed by atoms with Gasteiger partial charge in [0.15, 0.2) is 6.04 Å². The Labute approximate surface area is 113 Å². The van der Waals surface area contributed by atoms with Gasteiger partial charge in [-0.3, -0.25) is 0 Å². The van der Waals surface area contributed by atoms with E-state index in [0.717, 1.165) is 18.0 Å². The van der Waals surface area contributed by atoms with Crippen molar-refractivity contribution in [3.05, 3.63) is 12.2 Å². The summed E-state index contributed by atoms with van der Waals surface area (Å²) < 4.78 is 2.74. The molecule has 0 spiro atoms. The monoisotopic (exact) mass is 248 g/mol. The molecule has 0 amide bonds. The van der Waals surface area contributed by atoms with Gasteiger partial charge >= 0.3 is 0 Å². The van der Waals surface area contributed by atoms with Crippen LogP contribution in [0.5, 0.6) is 0 Å². The summed E-state index contributed by atoms with van der Waals surface area (Å²) in [4.78, 5) is 0. The lowest BCUT2D eigenvalue weighted by molar-refractivity contribution is -0.517. The normalized spacial score (nSPS) is 25.3. The van der Waals surface area contributed by atoms with Crippen molar-refractivity contribution < 1.29 is 4.58 Å². The maximum Gasteiger partial charge on any atom is 0.231 e. The molecule has 0 bridgehead atoms. The predicted molar refractivity (Wildman–Crippen MR) is 79.4 cm³/mol. The maximum atomic E-state index is 4.18. The highest BCUT2D eigenvalue weighted by atomic mass is 15.2. The fourth-order valence-electron chi connectivity index (χ4n) is 3.93. The standard InChI is InChI=1S/C17H30N/c1-6-14(18-16-8-7-9-17(16)18)10-11-15(12(2)3)13(4)5/h13-16H,2,6-11H2,1,3-5H3/q+1/t14?,15?,16-/m1/s1. The Balaban J connectivity index is 1.88. The van der Waals surface area contributed by atoms with Gasteiger partial charge in [0.2, 0.25) is 11.8 Å². The van der Waals surface area contributed by atoms with E-state index in [0.29, 0.717) is 5.92 Å². The van der Waals surface area contributed by atoms with E-state index in [1.54, 1.807) is 5.71 Å². The first kappa shape index (κ1) is 13.8. The molecule has 0 radical (unpaired) electrons. The van der Waals surface area contributed by atoms with Gasteiger partial charge in [-0.1, -0.05) is 32.9 Å². The van der Waals surface area contributed by atoms with Crippen molar-refractivity contribution in [1.82, 2.24) is 0 Å². The second-order valence-corrected chi connectivity index (χ2v) is 6.64. The number of nitrogens with zero attached hydrogens (tertiary/aromatic N) is 1. The maximum absolute atomic E-state index is 4.18. The van der Waals surface area contributed by atoms with Gasteiger partial charge in [0, 0.05) is 25.7 Å².